The summed E-state index contributed by atoms with van der Waals surface area (Å²) in [7, 11) is 0. The van der Waals surface area contributed by atoms with Gasteiger partial charge in [0, 0.05) is 16.8 Å². The molecule has 1 amide bonds. The fourth-order valence-electron chi connectivity index (χ4n) is 3.28. The molecule has 1 N–H and O–H groups in total. The number of aromatic nitrogens is 2. The van der Waals surface area contributed by atoms with Gasteiger partial charge in [0.05, 0.1) is 24.0 Å². The molecule has 174 valence electrons. The van der Waals surface area contributed by atoms with E-state index in [9.17, 15) is 18.0 Å². The summed E-state index contributed by atoms with van der Waals surface area (Å²) in [4.78, 5) is 12.7. The van der Waals surface area contributed by atoms with Crippen LogP contribution >= 0.6 is 11.6 Å². The van der Waals surface area contributed by atoms with Gasteiger partial charge in [0.1, 0.15) is 12.4 Å². The van der Waals surface area contributed by atoms with Gasteiger partial charge < -0.3 is 10.1 Å². The van der Waals surface area contributed by atoms with E-state index in [1.807, 2.05) is 6.07 Å². The van der Waals surface area contributed by atoms with Crippen molar-refractivity contribution in [3.05, 3.63) is 112 Å². The van der Waals surface area contributed by atoms with Crippen LogP contribution < -0.4 is 10.1 Å². The molecule has 0 bridgehead atoms. The van der Waals surface area contributed by atoms with Gasteiger partial charge in [-0.05, 0) is 53.6 Å². The molecule has 34 heavy (non-hydrogen) atoms. The van der Waals surface area contributed by atoms with Crippen molar-refractivity contribution in [2.24, 2.45) is 0 Å². The Morgan fingerprint density at radius 3 is 2.56 bits per heavy atom. The number of nitrogens with zero attached hydrogens (tertiary/aromatic N) is 2. The summed E-state index contributed by atoms with van der Waals surface area (Å²) < 4.78 is 45.9. The average Bonchev–Trinajstić information content (AvgIpc) is 3.24. The van der Waals surface area contributed by atoms with Crippen LogP contribution in [0, 0.1) is 0 Å². The van der Waals surface area contributed by atoms with E-state index >= 15 is 0 Å². The molecular weight excluding hydrogens is 467 g/mol. The quantitative estimate of drug-likeness (QED) is 0.328. The highest BCUT2D eigenvalue weighted by Gasteiger charge is 2.30. The summed E-state index contributed by atoms with van der Waals surface area (Å²) in [6.07, 6.45) is -1.41. The lowest BCUT2D eigenvalue weighted by Gasteiger charge is -2.09. The van der Waals surface area contributed by atoms with Gasteiger partial charge in [0.2, 0.25) is 0 Å². The number of amides is 1. The minimum absolute atomic E-state index is 0.135. The van der Waals surface area contributed by atoms with Crippen molar-refractivity contribution in [2.75, 3.05) is 5.32 Å². The number of alkyl halides is 3. The maximum Gasteiger partial charge on any atom is 0.416 e. The third kappa shape index (κ3) is 6.17. The molecule has 0 atom stereocenters. The van der Waals surface area contributed by atoms with Gasteiger partial charge in [-0.25, -0.2) is 0 Å². The van der Waals surface area contributed by atoms with E-state index in [-0.39, 0.29) is 19.1 Å². The predicted molar refractivity (Wildman–Crippen MR) is 123 cm³/mol. The molecule has 1 heterocycles. The Morgan fingerprint density at radius 2 is 1.76 bits per heavy atom. The van der Waals surface area contributed by atoms with E-state index in [4.69, 9.17) is 16.3 Å². The predicted octanol–water partition coefficient (Wildman–Crippen LogP) is 6.43. The van der Waals surface area contributed by atoms with Crippen LogP contribution in [0.15, 0.2) is 85.2 Å². The lowest BCUT2D eigenvalue weighted by Crippen LogP contribution is -2.12. The van der Waals surface area contributed by atoms with Gasteiger partial charge >= 0.3 is 6.18 Å². The topological polar surface area (TPSA) is 56.2 Å². The van der Waals surface area contributed by atoms with Crippen LogP contribution in [0.3, 0.4) is 0 Å². The molecular formula is C25H19ClF3N3O2. The number of benzene rings is 3. The Labute approximate surface area is 198 Å². The fourth-order valence-corrected chi connectivity index (χ4v) is 3.46. The standard InChI is InChI=1S/C25H19ClF3N3O2/c26-21-8-3-9-23(12-21)34-16-18-5-1-6-19(10-18)24(33)31-22-13-30-32(15-22)14-17-4-2-7-20(11-17)25(27,28)29/h1-13,15H,14,16H2,(H,31,33). The molecule has 4 aromatic rings. The van der Waals surface area contributed by atoms with Gasteiger partial charge in [0.25, 0.3) is 5.91 Å². The smallest absolute Gasteiger partial charge is 0.416 e. The molecule has 0 radical (unpaired) electrons. The number of rotatable bonds is 7. The van der Waals surface area contributed by atoms with E-state index in [1.54, 1.807) is 54.7 Å². The second-order valence-corrected chi connectivity index (χ2v) is 7.96. The number of carbonyl (C=O) groups is 1. The van der Waals surface area contributed by atoms with E-state index in [2.05, 4.69) is 10.4 Å². The Balaban J connectivity index is 1.38. The van der Waals surface area contributed by atoms with E-state index in [0.717, 1.165) is 17.7 Å². The van der Waals surface area contributed by atoms with Gasteiger partial charge in [0.15, 0.2) is 0 Å². The van der Waals surface area contributed by atoms with Crippen LogP contribution in [-0.4, -0.2) is 15.7 Å². The Morgan fingerprint density at radius 1 is 1.00 bits per heavy atom. The zero-order chi connectivity index (χ0) is 24.1. The third-order valence-electron chi connectivity index (χ3n) is 4.88. The summed E-state index contributed by atoms with van der Waals surface area (Å²) in [5.41, 5.74) is 1.39. The summed E-state index contributed by atoms with van der Waals surface area (Å²) in [5.74, 6) is 0.277. The number of halogens is 4. The normalized spacial score (nSPS) is 11.3. The highest BCUT2D eigenvalue weighted by Crippen LogP contribution is 2.29. The molecule has 0 saturated carbocycles. The summed E-state index contributed by atoms with van der Waals surface area (Å²) in [5, 5.41) is 7.44. The average molecular weight is 486 g/mol. The van der Waals surface area contributed by atoms with Crippen LogP contribution in [0.1, 0.15) is 27.0 Å². The first-order valence-electron chi connectivity index (χ1n) is 10.2. The van der Waals surface area contributed by atoms with Crippen LogP contribution in [0.5, 0.6) is 5.75 Å². The first kappa shape index (κ1) is 23.4. The van der Waals surface area contributed by atoms with Crippen LogP contribution in [0.2, 0.25) is 5.02 Å². The summed E-state index contributed by atoms with van der Waals surface area (Å²) >= 11 is 5.96. The molecule has 0 fully saturated rings. The molecule has 4 rings (SSSR count). The molecule has 5 nitrogen and oxygen atoms in total. The lowest BCUT2D eigenvalue weighted by atomic mass is 10.1. The fraction of sp³-hybridized carbons (Fsp3) is 0.120. The zero-order valence-electron chi connectivity index (χ0n) is 17.7. The van der Waals surface area contributed by atoms with Crippen molar-refractivity contribution < 1.29 is 22.7 Å². The van der Waals surface area contributed by atoms with Crippen molar-refractivity contribution in [3.63, 3.8) is 0 Å². The lowest BCUT2D eigenvalue weighted by molar-refractivity contribution is -0.137. The molecule has 0 unspecified atom stereocenters. The van der Waals surface area contributed by atoms with Crippen LogP contribution in [0.25, 0.3) is 0 Å². The first-order chi connectivity index (χ1) is 16.3. The van der Waals surface area contributed by atoms with Crippen molar-refractivity contribution in [1.82, 2.24) is 9.78 Å². The Bertz CT molecular complexity index is 1300. The zero-order valence-corrected chi connectivity index (χ0v) is 18.5. The number of carbonyl (C=O) groups excluding carboxylic acids is 1. The van der Waals surface area contributed by atoms with E-state index in [0.29, 0.717) is 27.6 Å². The SMILES string of the molecule is O=C(Nc1cnn(Cc2cccc(C(F)(F)F)c2)c1)c1cccc(COc2cccc(Cl)c2)c1. The molecule has 0 spiro atoms. The van der Waals surface area contributed by atoms with Gasteiger partial charge in [-0.15, -0.1) is 0 Å². The van der Waals surface area contributed by atoms with E-state index in [1.165, 1.54) is 16.9 Å². The molecule has 3 aromatic carbocycles. The van der Waals surface area contributed by atoms with Crippen molar-refractivity contribution in [1.29, 1.82) is 0 Å². The molecule has 1 aromatic heterocycles. The van der Waals surface area contributed by atoms with Gasteiger partial charge in [-0.2, -0.15) is 18.3 Å². The number of anilines is 1. The monoisotopic (exact) mass is 485 g/mol. The minimum atomic E-state index is -4.41. The molecule has 9 heteroatoms. The second kappa shape index (κ2) is 10.0. The van der Waals surface area contributed by atoms with Gasteiger partial charge in [-0.3, -0.25) is 9.48 Å². The van der Waals surface area contributed by atoms with Crippen LogP contribution in [-0.2, 0) is 19.3 Å². The Hall–Kier alpha value is -3.78. The highest BCUT2D eigenvalue weighted by atomic mass is 35.5. The third-order valence-corrected chi connectivity index (χ3v) is 5.12. The Kier molecular flexibility index (Phi) is 6.88. The second-order valence-electron chi connectivity index (χ2n) is 7.53. The van der Waals surface area contributed by atoms with Crippen molar-refractivity contribution >= 4 is 23.2 Å². The molecule has 0 saturated heterocycles. The van der Waals surface area contributed by atoms with Gasteiger partial charge in [-0.1, -0.05) is 41.9 Å². The molecule has 0 aliphatic rings. The molecule has 0 aliphatic heterocycles. The largest absolute Gasteiger partial charge is 0.489 e. The van der Waals surface area contributed by atoms with Crippen molar-refractivity contribution in [3.8, 4) is 5.75 Å². The van der Waals surface area contributed by atoms with Crippen LogP contribution in [0.4, 0.5) is 18.9 Å². The maximum atomic E-state index is 12.9. The number of nitrogens with one attached hydrogen (secondary N) is 1. The summed E-state index contributed by atoms with van der Waals surface area (Å²) in [6, 6.07) is 19.1. The molecule has 0 aliphatic carbocycles. The van der Waals surface area contributed by atoms with E-state index < -0.39 is 11.7 Å². The minimum Gasteiger partial charge on any atom is -0.489 e. The number of hydrogen-bond acceptors (Lipinski definition) is 3. The first-order valence-corrected chi connectivity index (χ1v) is 10.6. The number of hydrogen-bond donors (Lipinski definition) is 1. The van der Waals surface area contributed by atoms with Crippen molar-refractivity contribution in [2.45, 2.75) is 19.3 Å². The highest BCUT2D eigenvalue weighted by molar-refractivity contribution is 6.30. The maximum absolute atomic E-state index is 12.9. The number of ether oxygens (including phenoxy) is 1. The summed E-state index contributed by atoms with van der Waals surface area (Å²) in [6.45, 7) is 0.395.